The molecule has 1 aromatic carbocycles. The van der Waals surface area contributed by atoms with Crippen LogP contribution in [0.3, 0.4) is 0 Å². The van der Waals surface area contributed by atoms with Crippen LogP contribution in [0, 0.1) is 11.8 Å². The maximum atomic E-state index is 12.4. The number of hydrogen-bond acceptors (Lipinski definition) is 5. The molecule has 0 fully saturated rings. The molecule has 0 radical (unpaired) electrons. The summed E-state index contributed by atoms with van der Waals surface area (Å²) in [6.45, 7) is 4.78. The Morgan fingerprint density at radius 3 is 2.12 bits per heavy atom. The minimum atomic E-state index is -3.67. The van der Waals surface area contributed by atoms with E-state index in [9.17, 15) is 18.0 Å². The van der Waals surface area contributed by atoms with E-state index in [1.807, 2.05) is 0 Å². The average Bonchev–Trinajstić information content (AvgIpc) is 2.51. The molecular weight excluding hydrogens is 334 g/mol. The number of carboxylic acids is 1. The standard InChI is InChI=1S/C16H23NO6S/c1-10(2)14(16(19)20)17-15(18)11(3)9-24(21,22)13-7-5-12(23-4)6-8-13/h5-8,10-11,14H,9H2,1-4H3,(H,17,18)(H,19,20)/t11?,14-/m1/s1. The molecule has 1 amide bonds. The Bertz CT molecular complexity index is 681. The highest BCUT2D eigenvalue weighted by molar-refractivity contribution is 7.91. The second-order valence-electron chi connectivity index (χ2n) is 5.93. The first-order chi connectivity index (χ1) is 11.1. The van der Waals surface area contributed by atoms with Crippen molar-refractivity contribution in [2.45, 2.75) is 31.7 Å². The molecule has 7 nitrogen and oxygen atoms in total. The lowest BCUT2D eigenvalue weighted by Crippen LogP contribution is -2.47. The van der Waals surface area contributed by atoms with E-state index in [2.05, 4.69) is 5.32 Å². The summed E-state index contributed by atoms with van der Waals surface area (Å²) >= 11 is 0. The molecule has 2 N–H and O–H groups in total. The Hall–Kier alpha value is -2.09. The molecule has 24 heavy (non-hydrogen) atoms. The Morgan fingerprint density at radius 2 is 1.71 bits per heavy atom. The predicted octanol–water partition coefficient (Wildman–Crippen LogP) is 1.33. The number of aliphatic carboxylic acids is 1. The fourth-order valence-electron chi connectivity index (χ4n) is 2.09. The van der Waals surface area contributed by atoms with Crippen LogP contribution in [0.15, 0.2) is 29.2 Å². The van der Waals surface area contributed by atoms with Crippen LogP contribution in [0.25, 0.3) is 0 Å². The maximum absolute atomic E-state index is 12.4. The van der Waals surface area contributed by atoms with E-state index in [0.29, 0.717) is 5.75 Å². The Morgan fingerprint density at radius 1 is 1.17 bits per heavy atom. The van der Waals surface area contributed by atoms with Crippen molar-refractivity contribution in [1.29, 1.82) is 0 Å². The molecule has 0 spiro atoms. The quantitative estimate of drug-likeness (QED) is 0.726. The van der Waals surface area contributed by atoms with Crippen LogP contribution >= 0.6 is 0 Å². The van der Waals surface area contributed by atoms with Gasteiger partial charge in [-0.25, -0.2) is 13.2 Å². The van der Waals surface area contributed by atoms with Gasteiger partial charge in [0.1, 0.15) is 11.8 Å². The highest BCUT2D eigenvalue weighted by atomic mass is 32.2. The molecule has 1 unspecified atom stereocenters. The first kappa shape index (κ1) is 20.0. The summed E-state index contributed by atoms with van der Waals surface area (Å²) in [5.74, 6) is -2.82. The average molecular weight is 357 g/mol. The van der Waals surface area contributed by atoms with E-state index >= 15 is 0 Å². The zero-order valence-electron chi connectivity index (χ0n) is 14.1. The van der Waals surface area contributed by atoms with Gasteiger partial charge in [-0.15, -0.1) is 0 Å². The number of carboxylic acid groups (broad SMARTS) is 1. The predicted molar refractivity (Wildman–Crippen MR) is 88.6 cm³/mol. The van der Waals surface area contributed by atoms with E-state index in [-0.39, 0.29) is 10.8 Å². The van der Waals surface area contributed by atoms with Gasteiger partial charge < -0.3 is 15.2 Å². The third-order valence-electron chi connectivity index (χ3n) is 3.57. The van der Waals surface area contributed by atoms with Gasteiger partial charge in [-0.1, -0.05) is 20.8 Å². The third-order valence-corrected chi connectivity index (χ3v) is 5.50. The molecule has 0 bridgehead atoms. The molecule has 134 valence electrons. The lowest BCUT2D eigenvalue weighted by molar-refractivity contribution is -0.143. The van der Waals surface area contributed by atoms with E-state index in [0.717, 1.165) is 0 Å². The Balaban J connectivity index is 2.82. The van der Waals surface area contributed by atoms with Crippen molar-refractivity contribution in [3.8, 4) is 5.75 Å². The van der Waals surface area contributed by atoms with Gasteiger partial charge in [0.25, 0.3) is 0 Å². The maximum Gasteiger partial charge on any atom is 0.326 e. The number of rotatable bonds is 8. The van der Waals surface area contributed by atoms with Gasteiger partial charge in [0, 0.05) is 5.92 Å². The summed E-state index contributed by atoms with van der Waals surface area (Å²) in [5, 5.41) is 11.5. The van der Waals surface area contributed by atoms with Crippen molar-refractivity contribution in [2.24, 2.45) is 11.8 Å². The smallest absolute Gasteiger partial charge is 0.326 e. The van der Waals surface area contributed by atoms with E-state index in [1.165, 1.54) is 38.3 Å². The summed E-state index contributed by atoms with van der Waals surface area (Å²) < 4.78 is 29.7. The van der Waals surface area contributed by atoms with E-state index in [4.69, 9.17) is 9.84 Å². The monoisotopic (exact) mass is 357 g/mol. The van der Waals surface area contributed by atoms with Gasteiger partial charge in [-0.3, -0.25) is 4.79 Å². The fraction of sp³-hybridized carbons (Fsp3) is 0.500. The molecule has 0 aliphatic rings. The summed E-state index contributed by atoms with van der Waals surface area (Å²) in [6, 6.07) is 4.82. The molecule has 8 heteroatoms. The number of nitrogens with one attached hydrogen (secondary N) is 1. The van der Waals surface area contributed by atoms with Crippen molar-refractivity contribution in [3.05, 3.63) is 24.3 Å². The molecule has 0 aliphatic carbocycles. The van der Waals surface area contributed by atoms with Gasteiger partial charge in [-0.2, -0.15) is 0 Å². The van der Waals surface area contributed by atoms with Gasteiger partial charge in [0.05, 0.1) is 17.8 Å². The molecular formula is C16H23NO6S. The minimum absolute atomic E-state index is 0.0848. The first-order valence-corrected chi connectivity index (χ1v) is 9.13. The first-order valence-electron chi connectivity index (χ1n) is 7.48. The van der Waals surface area contributed by atoms with Gasteiger partial charge in [-0.05, 0) is 30.2 Å². The third kappa shape index (κ3) is 5.23. The number of sulfone groups is 1. The van der Waals surface area contributed by atoms with Crippen molar-refractivity contribution in [3.63, 3.8) is 0 Å². The van der Waals surface area contributed by atoms with Crippen LogP contribution in [0.4, 0.5) is 0 Å². The molecule has 1 aromatic rings. The lowest BCUT2D eigenvalue weighted by Gasteiger charge is -2.20. The summed E-state index contributed by atoms with van der Waals surface area (Å²) in [4.78, 5) is 23.3. The van der Waals surface area contributed by atoms with Gasteiger partial charge in [0.2, 0.25) is 5.91 Å². The van der Waals surface area contributed by atoms with Gasteiger partial charge >= 0.3 is 5.97 Å². The SMILES string of the molecule is COc1ccc(S(=O)(=O)CC(C)C(=O)N[C@@H](C(=O)O)C(C)C)cc1. The van der Waals surface area contributed by atoms with Crippen LogP contribution in [-0.2, 0) is 19.4 Å². The van der Waals surface area contributed by atoms with Crippen LogP contribution in [0.2, 0.25) is 0 Å². The molecule has 2 atom stereocenters. The van der Waals surface area contributed by atoms with Crippen LogP contribution in [0.1, 0.15) is 20.8 Å². The van der Waals surface area contributed by atoms with Crippen LogP contribution < -0.4 is 10.1 Å². The zero-order chi connectivity index (χ0) is 18.5. The van der Waals surface area contributed by atoms with Crippen molar-refractivity contribution in [1.82, 2.24) is 5.32 Å². The topological polar surface area (TPSA) is 110 Å². The Kier molecular flexibility index (Phi) is 6.77. The minimum Gasteiger partial charge on any atom is -0.497 e. The number of benzene rings is 1. The number of methoxy groups -OCH3 is 1. The van der Waals surface area contributed by atoms with Crippen molar-refractivity contribution >= 4 is 21.7 Å². The number of hydrogen-bond donors (Lipinski definition) is 2. The molecule has 0 aromatic heterocycles. The number of carbonyl (C=O) groups excluding carboxylic acids is 1. The lowest BCUT2D eigenvalue weighted by atomic mass is 10.0. The number of ether oxygens (including phenoxy) is 1. The Labute approximate surface area is 141 Å². The van der Waals surface area contributed by atoms with Crippen LogP contribution in [-0.4, -0.2) is 44.3 Å². The second kappa shape index (κ2) is 8.14. The summed E-state index contributed by atoms with van der Waals surface area (Å²) in [7, 11) is -2.19. The molecule has 1 rings (SSSR count). The highest BCUT2D eigenvalue weighted by Gasteiger charge is 2.28. The van der Waals surface area contributed by atoms with Crippen molar-refractivity contribution < 1.29 is 27.9 Å². The van der Waals surface area contributed by atoms with Crippen LogP contribution in [0.5, 0.6) is 5.75 Å². The largest absolute Gasteiger partial charge is 0.497 e. The molecule has 0 aliphatic heterocycles. The summed E-state index contributed by atoms with van der Waals surface area (Å²) in [5.41, 5.74) is 0. The zero-order valence-corrected chi connectivity index (χ0v) is 15.0. The van der Waals surface area contributed by atoms with E-state index < -0.39 is 39.4 Å². The summed E-state index contributed by atoms with van der Waals surface area (Å²) in [6.07, 6.45) is 0. The normalized spacial score (nSPS) is 14.0. The highest BCUT2D eigenvalue weighted by Crippen LogP contribution is 2.18. The van der Waals surface area contributed by atoms with Crippen molar-refractivity contribution in [2.75, 3.05) is 12.9 Å². The van der Waals surface area contributed by atoms with Gasteiger partial charge in [0.15, 0.2) is 9.84 Å². The molecule has 0 saturated heterocycles. The van der Waals surface area contributed by atoms with E-state index in [1.54, 1.807) is 13.8 Å². The fourth-order valence-corrected chi connectivity index (χ4v) is 3.65. The number of carbonyl (C=O) groups is 2. The molecule has 0 saturated carbocycles. The number of amides is 1. The molecule has 0 heterocycles. The second-order valence-corrected chi connectivity index (χ2v) is 7.96.